The Bertz CT molecular complexity index is 1470. The van der Waals surface area contributed by atoms with E-state index in [0.717, 1.165) is 50.9 Å². The van der Waals surface area contributed by atoms with Crippen LogP contribution >= 0.6 is 15.9 Å². The van der Waals surface area contributed by atoms with E-state index in [9.17, 15) is 4.79 Å². The number of piperidine rings is 1. The lowest BCUT2D eigenvalue weighted by atomic mass is 9.93. The number of pyridine rings is 1. The van der Waals surface area contributed by atoms with E-state index in [-0.39, 0.29) is 11.8 Å². The maximum Gasteiger partial charge on any atom is 0.270 e. The molecule has 1 fully saturated rings. The van der Waals surface area contributed by atoms with Crippen LogP contribution in [-0.2, 0) is 6.54 Å². The third-order valence-corrected chi connectivity index (χ3v) is 7.17. The molecule has 1 saturated heterocycles. The van der Waals surface area contributed by atoms with Crippen molar-refractivity contribution in [3.8, 4) is 0 Å². The average molecular weight is 530 g/mol. The molecule has 0 radical (unpaired) electrons. The van der Waals surface area contributed by atoms with Crippen molar-refractivity contribution in [1.29, 1.82) is 0 Å². The van der Waals surface area contributed by atoms with Crippen LogP contribution in [0.2, 0.25) is 0 Å². The van der Waals surface area contributed by atoms with Gasteiger partial charge in [0.15, 0.2) is 5.65 Å². The first-order valence-electron chi connectivity index (χ1n) is 11.7. The van der Waals surface area contributed by atoms with Gasteiger partial charge in [-0.15, -0.1) is 0 Å². The number of amides is 1. The normalized spacial score (nSPS) is 14.6. The van der Waals surface area contributed by atoms with Crippen LogP contribution in [0.25, 0.3) is 16.6 Å². The molecule has 8 nitrogen and oxygen atoms in total. The zero-order chi connectivity index (χ0) is 23.8. The van der Waals surface area contributed by atoms with Crippen LogP contribution in [0.1, 0.15) is 40.5 Å². The predicted octanol–water partition coefficient (Wildman–Crippen LogP) is 5.00. The topological polar surface area (TPSA) is 91.2 Å². The van der Waals surface area contributed by atoms with Crippen LogP contribution in [0.4, 0.5) is 5.82 Å². The number of carbonyl (C=O) groups excluding carboxylic acids is 1. The van der Waals surface area contributed by atoms with Gasteiger partial charge in [-0.1, -0.05) is 24.3 Å². The van der Waals surface area contributed by atoms with Crippen LogP contribution < -0.4 is 5.32 Å². The van der Waals surface area contributed by atoms with E-state index in [1.807, 2.05) is 58.1 Å². The van der Waals surface area contributed by atoms with Gasteiger partial charge in [0.1, 0.15) is 11.5 Å². The lowest BCUT2D eigenvalue weighted by Gasteiger charge is -2.31. The molecule has 0 aliphatic carbocycles. The molecule has 0 saturated carbocycles. The second-order valence-corrected chi connectivity index (χ2v) is 9.70. The number of anilines is 1. The number of nitrogens with zero attached hydrogens (tertiary/aromatic N) is 5. The lowest BCUT2D eigenvalue weighted by Crippen LogP contribution is -2.38. The second kappa shape index (κ2) is 9.14. The summed E-state index contributed by atoms with van der Waals surface area (Å²) in [5, 5.41) is 9.02. The number of aromatic nitrogens is 5. The van der Waals surface area contributed by atoms with Gasteiger partial charge in [-0.05, 0) is 52.5 Å². The number of likely N-dealkylation sites (tertiary alicyclic amines) is 1. The molecule has 2 N–H and O–H groups in total. The van der Waals surface area contributed by atoms with Crippen molar-refractivity contribution >= 4 is 44.2 Å². The molecule has 9 heteroatoms. The van der Waals surface area contributed by atoms with Gasteiger partial charge in [0.25, 0.3) is 5.91 Å². The first-order valence-corrected chi connectivity index (χ1v) is 12.5. The number of benzene rings is 1. The van der Waals surface area contributed by atoms with Gasteiger partial charge in [-0.3, -0.25) is 9.78 Å². The average Bonchev–Trinajstić information content (AvgIpc) is 3.51. The number of rotatable bonds is 5. The monoisotopic (exact) mass is 529 g/mol. The summed E-state index contributed by atoms with van der Waals surface area (Å²) in [5.41, 5.74) is 4.53. The highest BCUT2D eigenvalue weighted by molar-refractivity contribution is 9.10. The van der Waals surface area contributed by atoms with E-state index in [1.165, 1.54) is 0 Å². The molecule has 1 aromatic carbocycles. The summed E-state index contributed by atoms with van der Waals surface area (Å²) >= 11 is 3.58. The largest absolute Gasteiger partial charge is 0.366 e. The summed E-state index contributed by atoms with van der Waals surface area (Å²) in [4.78, 5) is 27.4. The zero-order valence-corrected chi connectivity index (χ0v) is 20.6. The van der Waals surface area contributed by atoms with Gasteiger partial charge in [0, 0.05) is 60.6 Å². The van der Waals surface area contributed by atoms with Crippen molar-refractivity contribution in [2.24, 2.45) is 0 Å². The highest BCUT2D eigenvalue weighted by Crippen LogP contribution is 2.31. The number of hydrogen-bond donors (Lipinski definition) is 2. The Labute approximate surface area is 210 Å². The van der Waals surface area contributed by atoms with Gasteiger partial charge < -0.3 is 15.2 Å². The van der Waals surface area contributed by atoms with Crippen molar-refractivity contribution in [2.45, 2.75) is 25.3 Å². The summed E-state index contributed by atoms with van der Waals surface area (Å²) in [6.07, 6.45) is 7.12. The molecule has 35 heavy (non-hydrogen) atoms. The fourth-order valence-electron chi connectivity index (χ4n) is 4.72. The number of aromatic amines is 1. The zero-order valence-electron chi connectivity index (χ0n) is 19.0. The number of hydrogen-bond acceptors (Lipinski definition) is 5. The second-order valence-electron chi connectivity index (χ2n) is 8.85. The number of H-pyrrole nitrogens is 1. The minimum absolute atomic E-state index is 0.0559. The molecule has 6 rings (SSSR count). The van der Waals surface area contributed by atoms with Crippen molar-refractivity contribution in [1.82, 2.24) is 29.5 Å². The quantitative estimate of drug-likeness (QED) is 0.334. The summed E-state index contributed by atoms with van der Waals surface area (Å²) < 4.78 is 2.67. The maximum atomic E-state index is 13.1. The molecule has 4 aromatic heterocycles. The van der Waals surface area contributed by atoms with E-state index in [4.69, 9.17) is 4.98 Å². The number of halogens is 1. The van der Waals surface area contributed by atoms with Gasteiger partial charge in [-0.2, -0.15) is 9.61 Å². The Kier molecular flexibility index (Phi) is 5.69. The summed E-state index contributed by atoms with van der Waals surface area (Å²) in [5.74, 6) is 1.21. The number of carbonyl (C=O) groups is 1. The van der Waals surface area contributed by atoms with E-state index in [0.29, 0.717) is 25.3 Å². The highest BCUT2D eigenvalue weighted by atomic mass is 79.9. The third-order valence-electron chi connectivity index (χ3n) is 6.61. The number of fused-ring (bicyclic) bond motifs is 2. The molecule has 176 valence electrons. The Morgan fingerprint density at radius 1 is 1.11 bits per heavy atom. The Morgan fingerprint density at radius 2 is 1.97 bits per heavy atom. The van der Waals surface area contributed by atoms with Crippen LogP contribution in [0, 0.1) is 0 Å². The van der Waals surface area contributed by atoms with Crippen molar-refractivity contribution < 1.29 is 4.79 Å². The summed E-state index contributed by atoms with van der Waals surface area (Å²) in [6, 6.07) is 16.0. The SMILES string of the molecule is O=C(c1cc2ccccc2[nH]1)N1CCC(c2cc(NCc3cccnc3)n3ncc(Br)c3n2)CC1. The Hall–Kier alpha value is -3.72. The molecule has 0 spiro atoms. The Balaban J connectivity index is 1.19. The number of nitrogens with one attached hydrogen (secondary N) is 2. The van der Waals surface area contributed by atoms with E-state index >= 15 is 0 Å². The fraction of sp³-hybridized carbons (Fsp3) is 0.231. The maximum absolute atomic E-state index is 13.1. The van der Waals surface area contributed by atoms with Crippen LogP contribution in [-0.4, -0.2) is 48.5 Å². The standard InChI is InChI=1S/C26H24BrN7O/c27-20-16-30-34-24(29-15-17-4-3-9-28-14-17)13-22(32-25(20)34)18-7-10-33(11-8-18)26(35)23-12-19-5-1-2-6-21(19)31-23/h1-6,9,12-14,16,18,29,31H,7-8,10-11,15H2. The molecule has 0 atom stereocenters. The summed E-state index contributed by atoms with van der Waals surface area (Å²) in [7, 11) is 0. The molecule has 5 heterocycles. The molecular formula is C26H24BrN7O. The van der Waals surface area contributed by atoms with Gasteiger partial charge in [0.2, 0.25) is 0 Å². The van der Waals surface area contributed by atoms with E-state index in [1.54, 1.807) is 12.4 Å². The first-order chi connectivity index (χ1) is 17.2. The van der Waals surface area contributed by atoms with Crippen LogP contribution in [0.5, 0.6) is 0 Å². The molecule has 1 amide bonds. The van der Waals surface area contributed by atoms with E-state index in [2.05, 4.69) is 42.4 Å². The summed E-state index contributed by atoms with van der Waals surface area (Å²) in [6.45, 7) is 2.04. The minimum atomic E-state index is 0.0559. The van der Waals surface area contributed by atoms with Crippen molar-refractivity contribution in [3.05, 3.63) is 88.5 Å². The van der Waals surface area contributed by atoms with Gasteiger partial charge >= 0.3 is 0 Å². The molecule has 0 bridgehead atoms. The fourth-order valence-corrected chi connectivity index (χ4v) is 5.07. The van der Waals surface area contributed by atoms with Crippen molar-refractivity contribution in [3.63, 3.8) is 0 Å². The van der Waals surface area contributed by atoms with Gasteiger partial charge in [0.05, 0.1) is 10.7 Å². The smallest absolute Gasteiger partial charge is 0.270 e. The molecule has 5 aromatic rings. The van der Waals surface area contributed by atoms with Crippen LogP contribution in [0.3, 0.4) is 0 Å². The molecule has 1 aliphatic heterocycles. The highest BCUT2D eigenvalue weighted by Gasteiger charge is 2.27. The third kappa shape index (κ3) is 4.27. The lowest BCUT2D eigenvalue weighted by molar-refractivity contribution is 0.0707. The van der Waals surface area contributed by atoms with Crippen LogP contribution in [0.15, 0.2) is 71.6 Å². The van der Waals surface area contributed by atoms with E-state index < -0.39 is 0 Å². The minimum Gasteiger partial charge on any atom is -0.366 e. The van der Waals surface area contributed by atoms with Gasteiger partial charge in [-0.25, -0.2) is 4.98 Å². The first kappa shape index (κ1) is 21.8. The Morgan fingerprint density at radius 3 is 2.77 bits per heavy atom. The molecule has 1 aliphatic rings. The molecule has 0 unspecified atom stereocenters. The molecular weight excluding hydrogens is 506 g/mol. The van der Waals surface area contributed by atoms with Crippen molar-refractivity contribution in [2.75, 3.05) is 18.4 Å². The predicted molar refractivity (Wildman–Crippen MR) is 138 cm³/mol. The number of para-hydroxylation sites is 1.